The molecule has 1 aliphatic heterocycles. The summed E-state index contributed by atoms with van der Waals surface area (Å²) in [6.45, 7) is 0.113. The van der Waals surface area contributed by atoms with Crippen molar-refractivity contribution in [1.82, 2.24) is 9.88 Å². The molecule has 0 spiro atoms. The SMILES string of the molecule is O=C(CCN1C(=O)CCC1=O)Nc1nc(-c2ccc(Cl)s2)cs1. The lowest BCUT2D eigenvalue weighted by Gasteiger charge is -2.12. The first-order chi connectivity index (χ1) is 11.0. The van der Waals surface area contributed by atoms with Crippen LogP contribution in [0, 0.1) is 0 Å². The molecule has 23 heavy (non-hydrogen) atoms. The number of anilines is 1. The maximum atomic E-state index is 11.9. The van der Waals surface area contributed by atoms with Crippen LogP contribution in [0.5, 0.6) is 0 Å². The van der Waals surface area contributed by atoms with E-state index in [1.54, 1.807) is 6.07 Å². The number of hydrogen-bond donors (Lipinski definition) is 1. The van der Waals surface area contributed by atoms with Crippen molar-refractivity contribution in [2.24, 2.45) is 0 Å². The van der Waals surface area contributed by atoms with Gasteiger partial charge in [0.05, 0.1) is 14.9 Å². The highest BCUT2D eigenvalue weighted by atomic mass is 35.5. The molecule has 0 aromatic carbocycles. The molecule has 0 saturated carbocycles. The number of carbonyl (C=O) groups excluding carboxylic acids is 3. The zero-order valence-corrected chi connectivity index (χ0v) is 14.3. The first-order valence-corrected chi connectivity index (χ1v) is 8.94. The summed E-state index contributed by atoms with van der Waals surface area (Å²) >= 11 is 8.62. The first kappa shape index (κ1) is 16.1. The molecule has 0 bridgehead atoms. The summed E-state index contributed by atoms with van der Waals surface area (Å²) in [6.07, 6.45) is 0.538. The summed E-state index contributed by atoms with van der Waals surface area (Å²) in [5, 5.41) is 5.00. The van der Waals surface area contributed by atoms with E-state index < -0.39 is 0 Å². The van der Waals surface area contributed by atoms with Crippen molar-refractivity contribution >= 4 is 57.1 Å². The van der Waals surface area contributed by atoms with E-state index in [0.717, 1.165) is 15.5 Å². The summed E-state index contributed by atoms with van der Waals surface area (Å²) in [5.41, 5.74) is 0.757. The maximum absolute atomic E-state index is 11.9. The monoisotopic (exact) mass is 369 g/mol. The van der Waals surface area contributed by atoms with Crippen LogP contribution in [0.3, 0.4) is 0 Å². The Morgan fingerprint density at radius 3 is 2.70 bits per heavy atom. The van der Waals surface area contributed by atoms with E-state index in [9.17, 15) is 14.4 Å². The van der Waals surface area contributed by atoms with E-state index in [2.05, 4.69) is 10.3 Å². The van der Waals surface area contributed by atoms with Crippen molar-refractivity contribution in [3.05, 3.63) is 21.8 Å². The van der Waals surface area contributed by atoms with Crippen LogP contribution >= 0.6 is 34.3 Å². The molecular formula is C14H12ClN3O3S2. The van der Waals surface area contributed by atoms with Crippen LogP contribution in [0.1, 0.15) is 19.3 Å². The molecule has 3 amide bonds. The van der Waals surface area contributed by atoms with Crippen LogP contribution in [-0.4, -0.2) is 34.2 Å². The molecule has 1 N–H and O–H groups in total. The van der Waals surface area contributed by atoms with Gasteiger partial charge in [-0.05, 0) is 12.1 Å². The van der Waals surface area contributed by atoms with E-state index in [0.29, 0.717) is 9.47 Å². The van der Waals surface area contributed by atoms with E-state index in [1.807, 2.05) is 11.4 Å². The fraction of sp³-hybridized carbons (Fsp3) is 0.286. The van der Waals surface area contributed by atoms with Crippen molar-refractivity contribution in [1.29, 1.82) is 0 Å². The lowest BCUT2D eigenvalue weighted by molar-refractivity contribution is -0.138. The number of nitrogens with zero attached hydrogens (tertiary/aromatic N) is 2. The largest absolute Gasteiger partial charge is 0.302 e. The molecule has 1 saturated heterocycles. The standard InChI is InChI=1S/C14H12ClN3O3S2/c15-10-2-1-9(23-10)8-7-22-14(16-8)17-11(19)5-6-18-12(20)3-4-13(18)21/h1-2,7H,3-6H2,(H,16,17,19). The molecule has 0 unspecified atom stereocenters. The molecule has 6 nitrogen and oxygen atoms in total. The van der Waals surface area contributed by atoms with E-state index in [-0.39, 0.29) is 43.5 Å². The zero-order valence-electron chi connectivity index (χ0n) is 11.9. The normalized spacial score (nSPS) is 14.6. The van der Waals surface area contributed by atoms with Gasteiger partial charge in [-0.3, -0.25) is 19.3 Å². The molecule has 0 atom stereocenters. The van der Waals surface area contributed by atoms with E-state index in [4.69, 9.17) is 11.6 Å². The number of imide groups is 1. The number of rotatable bonds is 5. The number of nitrogens with one attached hydrogen (secondary N) is 1. The number of likely N-dealkylation sites (tertiary alicyclic amines) is 1. The van der Waals surface area contributed by atoms with Gasteiger partial charge in [0.25, 0.3) is 0 Å². The number of hydrogen-bond acceptors (Lipinski definition) is 6. The van der Waals surface area contributed by atoms with Gasteiger partial charge in [-0.2, -0.15) is 0 Å². The third-order valence-corrected chi connectivity index (χ3v) is 5.30. The molecule has 120 valence electrons. The van der Waals surface area contributed by atoms with Gasteiger partial charge >= 0.3 is 0 Å². The average molecular weight is 370 g/mol. The Hall–Kier alpha value is -1.77. The van der Waals surface area contributed by atoms with Crippen molar-refractivity contribution in [2.45, 2.75) is 19.3 Å². The lowest BCUT2D eigenvalue weighted by Crippen LogP contribution is -2.32. The third-order valence-electron chi connectivity index (χ3n) is 3.29. The van der Waals surface area contributed by atoms with Gasteiger partial charge in [-0.1, -0.05) is 11.6 Å². The van der Waals surface area contributed by atoms with Crippen LogP contribution in [0.4, 0.5) is 5.13 Å². The van der Waals surface area contributed by atoms with Gasteiger partial charge in [-0.25, -0.2) is 4.98 Å². The second-order valence-electron chi connectivity index (χ2n) is 4.88. The molecule has 9 heteroatoms. The Bertz CT molecular complexity index is 755. The Morgan fingerprint density at radius 1 is 1.30 bits per heavy atom. The van der Waals surface area contributed by atoms with Gasteiger partial charge in [-0.15, -0.1) is 22.7 Å². The second-order valence-corrected chi connectivity index (χ2v) is 7.45. The molecule has 1 aliphatic rings. The summed E-state index contributed by atoms with van der Waals surface area (Å²) in [6, 6.07) is 3.67. The number of aromatic nitrogens is 1. The van der Waals surface area contributed by atoms with Gasteiger partial charge in [0.2, 0.25) is 17.7 Å². The molecule has 2 aromatic heterocycles. The van der Waals surface area contributed by atoms with E-state index >= 15 is 0 Å². The number of carbonyl (C=O) groups is 3. The lowest BCUT2D eigenvalue weighted by atomic mass is 10.3. The quantitative estimate of drug-likeness (QED) is 0.821. The first-order valence-electron chi connectivity index (χ1n) is 6.87. The van der Waals surface area contributed by atoms with Crippen LogP contribution < -0.4 is 5.32 Å². The van der Waals surface area contributed by atoms with Crippen molar-refractivity contribution in [3.63, 3.8) is 0 Å². The van der Waals surface area contributed by atoms with Gasteiger partial charge in [0.15, 0.2) is 5.13 Å². The Kier molecular flexibility index (Phi) is 4.74. The zero-order chi connectivity index (χ0) is 16.4. The molecular weight excluding hydrogens is 358 g/mol. The number of amides is 3. The highest BCUT2D eigenvalue weighted by Crippen LogP contribution is 2.32. The predicted molar refractivity (Wildman–Crippen MR) is 89.6 cm³/mol. The summed E-state index contributed by atoms with van der Waals surface area (Å²) in [5.74, 6) is -0.703. The minimum absolute atomic E-state index is 0.0667. The Labute approximate surface area is 145 Å². The second kappa shape index (κ2) is 6.77. The summed E-state index contributed by atoms with van der Waals surface area (Å²) in [7, 11) is 0. The van der Waals surface area contributed by atoms with Crippen LogP contribution in [0.25, 0.3) is 10.6 Å². The molecule has 2 aromatic rings. The third kappa shape index (κ3) is 3.77. The molecule has 0 radical (unpaired) electrons. The van der Waals surface area contributed by atoms with Crippen molar-refractivity contribution < 1.29 is 14.4 Å². The summed E-state index contributed by atoms with van der Waals surface area (Å²) in [4.78, 5) is 41.3. The number of halogens is 1. The molecule has 3 rings (SSSR count). The molecule has 0 aliphatic carbocycles. The summed E-state index contributed by atoms with van der Waals surface area (Å²) < 4.78 is 0.679. The molecule has 1 fully saturated rings. The van der Waals surface area contributed by atoms with E-state index in [1.165, 1.54) is 22.7 Å². The van der Waals surface area contributed by atoms with Gasteiger partial charge < -0.3 is 5.32 Å². The highest BCUT2D eigenvalue weighted by Gasteiger charge is 2.28. The van der Waals surface area contributed by atoms with Crippen molar-refractivity contribution in [3.8, 4) is 10.6 Å². The van der Waals surface area contributed by atoms with Crippen LogP contribution in [0.15, 0.2) is 17.5 Å². The highest BCUT2D eigenvalue weighted by molar-refractivity contribution is 7.20. The smallest absolute Gasteiger partial charge is 0.229 e. The Morgan fingerprint density at radius 2 is 2.04 bits per heavy atom. The maximum Gasteiger partial charge on any atom is 0.229 e. The van der Waals surface area contributed by atoms with Gasteiger partial charge in [0.1, 0.15) is 0 Å². The predicted octanol–water partition coefficient (Wildman–Crippen LogP) is 3.00. The van der Waals surface area contributed by atoms with Gasteiger partial charge in [0, 0.05) is 31.2 Å². The number of thiophene rings is 1. The number of thiazole rings is 1. The van der Waals surface area contributed by atoms with Crippen LogP contribution in [-0.2, 0) is 14.4 Å². The Balaban J connectivity index is 1.55. The fourth-order valence-corrected chi connectivity index (χ4v) is 3.97. The fourth-order valence-electron chi connectivity index (χ4n) is 2.16. The minimum Gasteiger partial charge on any atom is -0.302 e. The molecule has 3 heterocycles. The van der Waals surface area contributed by atoms with Crippen LogP contribution in [0.2, 0.25) is 4.34 Å². The topological polar surface area (TPSA) is 79.4 Å². The van der Waals surface area contributed by atoms with Crippen molar-refractivity contribution in [2.75, 3.05) is 11.9 Å². The average Bonchev–Trinajstić information content (AvgIpc) is 3.20. The minimum atomic E-state index is -0.275.